The van der Waals surface area contributed by atoms with Gasteiger partial charge in [0.2, 0.25) is 0 Å². The molecule has 0 saturated heterocycles. The van der Waals surface area contributed by atoms with Gasteiger partial charge < -0.3 is 9.84 Å². The molecule has 0 bridgehead atoms. The Morgan fingerprint density at radius 3 is 2.41 bits per heavy atom. The second-order valence-corrected chi connectivity index (χ2v) is 5.52. The number of ether oxygens (including phenoxy) is 1. The van der Waals surface area contributed by atoms with E-state index in [0.29, 0.717) is 19.3 Å². The Kier molecular flexibility index (Phi) is 7.02. The smallest absolute Gasteiger partial charge is 0.375 e. The molecule has 0 radical (unpaired) electrons. The van der Waals surface area contributed by atoms with Crippen LogP contribution in [0.1, 0.15) is 46.0 Å². The molecular formula is C17H24O5. The molecule has 1 N–H and O–H groups in total. The number of hydrogen-bond donors (Lipinski definition) is 1. The molecule has 1 aliphatic carbocycles. The average molecular weight is 308 g/mol. The van der Waals surface area contributed by atoms with Crippen LogP contribution in [0.25, 0.3) is 0 Å². The maximum absolute atomic E-state index is 12.6. The van der Waals surface area contributed by atoms with E-state index in [4.69, 9.17) is 4.74 Å². The zero-order valence-corrected chi connectivity index (χ0v) is 13.2. The number of carboxylic acid groups (broad SMARTS) is 1. The number of carbonyl (C=O) groups is 3. The topological polar surface area (TPSA) is 80.7 Å². The average Bonchev–Trinajstić information content (AvgIpc) is 2.52. The number of ketones is 1. The van der Waals surface area contributed by atoms with E-state index in [-0.39, 0.29) is 6.61 Å². The SMILES string of the molecule is CCCCOC(=O)C(=O)C1(CCCC)C=CC=CC1C(=O)O. The van der Waals surface area contributed by atoms with Gasteiger partial charge >= 0.3 is 11.9 Å². The highest BCUT2D eigenvalue weighted by atomic mass is 16.5. The summed E-state index contributed by atoms with van der Waals surface area (Å²) in [6.07, 6.45) is 9.57. The van der Waals surface area contributed by atoms with E-state index < -0.39 is 29.1 Å². The summed E-state index contributed by atoms with van der Waals surface area (Å²) in [5, 5.41) is 9.43. The highest BCUT2D eigenvalue weighted by Gasteiger charge is 2.49. The molecule has 5 heteroatoms. The first-order chi connectivity index (χ1) is 10.5. The Morgan fingerprint density at radius 2 is 1.82 bits per heavy atom. The van der Waals surface area contributed by atoms with Crippen LogP contribution in [0, 0.1) is 11.3 Å². The van der Waals surface area contributed by atoms with Gasteiger partial charge in [-0.15, -0.1) is 0 Å². The van der Waals surface area contributed by atoms with E-state index in [2.05, 4.69) is 0 Å². The lowest BCUT2D eigenvalue weighted by atomic mass is 9.66. The van der Waals surface area contributed by atoms with Crippen LogP contribution < -0.4 is 0 Å². The summed E-state index contributed by atoms with van der Waals surface area (Å²) in [4.78, 5) is 36.2. The molecule has 22 heavy (non-hydrogen) atoms. The molecule has 0 aliphatic heterocycles. The van der Waals surface area contributed by atoms with Gasteiger partial charge in [-0.05, 0) is 12.8 Å². The third kappa shape index (κ3) is 4.06. The first-order valence-electron chi connectivity index (χ1n) is 7.80. The quantitative estimate of drug-likeness (QED) is 0.402. The van der Waals surface area contributed by atoms with Crippen LogP contribution in [0.4, 0.5) is 0 Å². The Morgan fingerprint density at radius 1 is 1.14 bits per heavy atom. The zero-order valence-electron chi connectivity index (χ0n) is 13.2. The zero-order chi connectivity index (χ0) is 16.6. The van der Waals surface area contributed by atoms with Gasteiger partial charge in [0.25, 0.3) is 5.78 Å². The van der Waals surface area contributed by atoms with Crippen LogP contribution in [0.5, 0.6) is 0 Å². The molecule has 0 spiro atoms. The van der Waals surface area contributed by atoms with Crippen LogP contribution in [-0.2, 0) is 19.1 Å². The van der Waals surface area contributed by atoms with Crippen LogP contribution in [0.2, 0.25) is 0 Å². The van der Waals surface area contributed by atoms with E-state index in [1.807, 2.05) is 13.8 Å². The number of carboxylic acids is 1. The van der Waals surface area contributed by atoms with Crippen molar-refractivity contribution in [3.8, 4) is 0 Å². The summed E-state index contributed by atoms with van der Waals surface area (Å²) in [7, 11) is 0. The molecule has 2 atom stereocenters. The molecule has 0 aromatic carbocycles. The van der Waals surface area contributed by atoms with Crippen LogP contribution in [-0.4, -0.2) is 29.4 Å². The van der Waals surface area contributed by atoms with Crippen LogP contribution in [0.3, 0.4) is 0 Å². The first kappa shape index (κ1) is 18.1. The highest BCUT2D eigenvalue weighted by molar-refractivity contribution is 6.36. The summed E-state index contributed by atoms with van der Waals surface area (Å²) in [5.41, 5.74) is -1.33. The molecule has 0 aromatic heterocycles. The van der Waals surface area contributed by atoms with Gasteiger partial charge in [0.15, 0.2) is 0 Å². The molecule has 0 amide bonds. The lowest BCUT2D eigenvalue weighted by Gasteiger charge is -2.34. The van der Waals surface area contributed by atoms with Crippen molar-refractivity contribution in [2.45, 2.75) is 46.0 Å². The lowest BCUT2D eigenvalue weighted by Crippen LogP contribution is -2.45. The van der Waals surface area contributed by atoms with Crippen molar-refractivity contribution >= 4 is 17.7 Å². The normalized spacial score (nSPS) is 23.3. The monoisotopic (exact) mass is 308 g/mol. The maximum Gasteiger partial charge on any atom is 0.375 e. The van der Waals surface area contributed by atoms with Gasteiger partial charge in [-0.25, -0.2) is 4.79 Å². The minimum absolute atomic E-state index is 0.183. The summed E-state index contributed by atoms with van der Waals surface area (Å²) in [5.74, 6) is -3.83. The summed E-state index contributed by atoms with van der Waals surface area (Å²) >= 11 is 0. The fourth-order valence-corrected chi connectivity index (χ4v) is 2.58. The predicted octanol–water partition coefficient (Wildman–Crippen LogP) is 2.90. The van der Waals surface area contributed by atoms with Crippen molar-refractivity contribution in [1.82, 2.24) is 0 Å². The predicted molar refractivity (Wildman–Crippen MR) is 82.2 cm³/mol. The van der Waals surface area contributed by atoms with Crippen molar-refractivity contribution in [1.29, 1.82) is 0 Å². The largest absolute Gasteiger partial charge is 0.481 e. The summed E-state index contributed by atoms with van der Waals surface area (Å²) in [6, 6.07) is 0. The van der Waals surface area contributed by atoms with Gasteiger partial charge in [-0.2, -0.15) is 0 Å². The third-order valence-corrected chi connectivity index (χ3v) is 3.91. The summed E-state index contributed by atoms with van der Waals surface area (Å²) < 4.78 is 4.99. The standard InChI is InChI=1S/C17H24O5/c1-3-5-10-17(11-8-7-9-13(17)15(19)20)14(18)16(21)22-12-6-4-2/h7-9,11,13H,3-6,10,12H2,1-2H3,(H,19,20). The number of unbranched alkanes of at least 4 members (excludes halogenated alkanes) is 2. The number of Topliss-reactive ketones (excluding diaryl/α,β-unsaturated/α-hetero) is 1. The second kappa shape index (κ2) is 8.51. The number of allylic oxidation sites excluding steroid dienone is 3. The minimum atomic E-state index is -1.33. The van der Waals surface area contributed by atoms with Crippen molar-refractivity contribution in [3.63, 3.8) is 0 Å². The van der Waals surface area contributed by atoms with E-state index >= 15 is 0 Å². The molecule has 0 heterocycles. The molecule has 5 nitrogen and oxygen atoms in total. The second-order valence-electron chi connectivity index (χ2n) is 5.52. The van der Waals surface area contributed by atoms with Crippen LogP contribution >= 0.6 is 0 Å². The molecule has 1 rings (SSSR count). The van der Waals surface area contributed by atoms with E-state index in [9.17, 15) is 19.5 Å². The maximum atomic E-state index is 12.6. The Balaban J connectivity index is 3.02. The van der Waals surface area contributed by atoms with Gasteiger partial charge in [0, 0.05) is 0 Å². The first-order valence-corrected chi connectivity index (χ1v) is 7.80. The fourth-order valence-electron chi connectivity index (χ4n) is 2.58. The van der Waals surface area contributed by atoms with E-state index in [1.54, 1.807) is 18.2 Å². The third-order valence-electron chi connectivity index (χ3n) is 3.91. The van der Waals surface area contributed by atoms with Crippen LogP contribution in [0.15, 0.2) is 24.3 Å². The van der Waals surface area contributed by atoms with Crippen molar-refractivity contribution < 1.29 is 24.2 Å². The molecule has 0 saturated carbocycles. The molecule has 1 aliphatic rings. The van der Waals surface area contributed by atoms with E-state index in [1.165, 1.54) is 6.08 Å². The fraction of sp³-hybridized carbons (Fsp3) is 0.588. The Labute approximate surface area is 131 Å². The number of carbonyl (C=O) groups excluding carboxylic acids is 2. The van der Waals surface area contributed by atoms with Gasteiger partial charge in [-0.3, -0.25) is 9.59 Å². The van der Waals surface area contributed by atoms with Crippen molar-refractivity contribution in [2.24, 2.45) is 11.3 Å². The number of hydrogen-bond acceptors (Lipinski definition) is 4. The highest BCUT2D eigenvalue weighted by Crippen LogP contribution is 2.40. The Hall–Kier alpha value is -1.91. The lowest BCUT2D eigenvalue weighted by molar-refractivity contribution is -0.161. The Bertz CT molecular complexity index is 477. The van der Waals surface area contributed by atoms with Gasteiger partial charge in [-0.1, -0.05) is 57.4 Å². The minimum Gasteiger partial charge on any atom is -0.481 e. The molecule has 0 fully saturated rings. The van der Waals surface area contributed by atoms with E-state index in [0.717, 1.165) is 12.8 Å². The molecular weight excluding hydrogens is 284 g/mol. The van der Waals surface area contributed by atoms with Crippen molar-refractivity contribution in [3.05, 3.63) is 24.3 Å². The number of rotatable bonds is 9. The summed E-state index contributed by atoms with van der Waals surface area (Å²) in [6.45, 7) is 4.09. The van der Waals surface area contributed by atoms with Gasteiger partial charge in [0.1, 0.15) is 0 Å². The van der Waals surface area contributed by atoms with Crippen molar-refractivity contribution in [2.75, 3.05) is 6.61 Å². The molecule has 122 valence electrons. The molecule has 2 unspecified atom stereocenters. The van der Waals surface area contributed by atoms with Gasteiger partial charge in [0.05, 0.1) is 17.9 Å². The number of aliphatic carboxylic acids is 1. The number of esters is 1. The molecule has 0 aromatic rings.